The van der Waals surface area contributed by atoms with E-state index >= 15 is 0 Å². The molecule has 0 saturated heterocycles. The van der Waals surface area contributed by atoms with E-state index in [4.69, 9.17) is 13.9 Å². The maximum atomic E-state index is 10.7. The molecule has 0 amide bonds. The minimum atomic E-state index is -0.719. The minimum Gasteiger partial charge on any atom is -0.493 e. The highest BCUT2D eigenvalue weighted by molar-refractivity contribution is 5.58. The molecule has 9 heteroatoms. The van der Waals surface area contributed by atoms with Gasteiger partial charge in [0.05, 0.1) is 26.6 Å². The lowest BCUT2D eigenvalue weighted by Crippen LogP contribution is -2.12. The molecule has 2 N–H and O–H groups in total. The number of hydrogen-bond donors (Lipinski definition) is 2. The molecule has 31 heavy (non-hydrogen) atoms. The lowest BCUT2D eigenvalue weighted by molar-refractivity contribution is 0.127. The van der Waals surface area contributed by atoms with Gasteiger partial charge in [0.25, 0.3) is 0 Å². The second kappa shape index (κ2) is 8.65. The Morgan fingerprint density at radius 3 is 2.65 bits per heavy atom. The number of aliphatic hydroxyl groups is 1. The zero-order chi connectivity index (χ0) is 22.0. The second-order valence-corrected chi connectivity index (χ2v) is 7.42. The average Bonchev–Trinajstić information content (AvgIpc) is 3.46. The number of ether oxygens (including phenoxy) is 2. The minimum absolute atomic E-state index is 0.0000593. The molecular formula is C22H25N5O4. The topological polar surface area (TPSA) is 107 Å². The van der Waals surface area contributed by atoms with Crippen LogP contribution in [0.4, 0.5) is 5.95 Å². The number of benzene rings is 1. The summed E-state index contributed by atoms with van der Waals surface area (Å²) in [5.74, 6) is 2.77. The van der Waals surface area contributed by atoms with Gasteiger partial charge >= 0.3 is 0 Å². The Balaban J connectivity index is 1.70. The summed E-state index contributed by atoms with van der Waals surface area (Å²) in [6, 6.07) is 9.26. The molecule has 0 radical (unpaired) electrons. The molecule has 0 aliphatic rings. The highest BCUT2D eigenvalue weighted by Crippen LogP contribution is 2.29. The summed E-state index contributed by atoms with van der Waals surface area (Å²) in [5.41, 5.74) is 2.11. The number of furan rings is 1. The Hall–Kier alpha value is -3.59. The largest absolute Gasteiger partial charge is 0.493 e. The molecule has 0 aliphatic heterocycles. The first kappa shape index (κ1) is 20.7. The van der Waals surface area contributed by atoms with Crippen LogP contribution in [0.25, 0.3) is 17.2 Å². The summed E-state index contributed by atoms with van der Waals surface area (Å²) in [6.45, 7) is 4.35. The Labute approximate surface area is 179 Å². The van der Waals surface area contributed by atoms with E-state index < -0.39 is 6.10 Å². The van der Waals surface area contributed by atoms with Gasteiger partial charge in [-0.2, -0.15) is 4.52 Å². The fourth-order valence-electron chi connectivity index (χ4n) is 3.26. The molecule has 162 valence electrons. The summed E-state index contributed by atoms with van der Waals surface area (Å²) in [6.07, 6.45) is 2.49. The van der Waals surface area contributed by atoms with E-state index in [2.05, 4.69) is 20.4 Å². The lowest BCUT2D eigenvalue weighted by Gasteiger charge is -2.16. The molecule has 9 nitrogen and oxygen atoms in total. The predicted octanol–water partition coefficient (Wildman–Crippen LogP) is 3.70. The van der Waals surface area contributed by atoms with Crippen LogP contribution < -0.4 is 14.8 Å². The monoisotopic (exact) mass is 423 g/mol. The first-order valence-electron chi connectivity index (χ1n) is 9.94. The molecule has 1 aromatic carbocycles. The van der Waals surface area contributed by atoms with Crippen LogP contribution in [0.3, 0.4) is 0 Å². The van der Waals surface area contributed by atoms with Crippen LogP contribution in [0.5, 0.6) is 11.5 Å². The molecule has 0 saturated carbocycles. The Kier molecular flexibility index (Phi) is 5.77. The van der Waals surface area contributed by atoms with Crippen molar-refractivity contribution in [2.24, 2.45) is 5.92 Å². The van der Waals surface area contributed by atoms with Crippen molar-refractivity contribution in [1.82, 2.24) is 19.6 Å². The predicted molar refractivity (Wildman–Crippen MR) is 115 cm³/mol. The van der Waals surface area contributed by atoms with Gasteiger partial charge in [-0.3, -0.25) is 0 Å². The number of aromatic nitrogens is 4. The van der Waals surface area contributed by atoms with Gasteiger partial charge in [-0.05, 0) is 35.7 Å². The molecule has 0 fully saturated rings. The van der Waals surface area contributed by atoms with Gasteiger partial charge in [0.15, 0.2) is 22.9 Å². The van der Waals surface area contributed by atoms with Crippen LogP contribution in [-0.4, -0.2) is 38.9 Å². The maximum Gasteiger partial charge on any atom is 0.226 e. The van der Waals surface area contributed by atoms with E-state index in [1.165, 1.54) is 0 Å². The smallest absolute Gasteiger partial charge is 0.226 e. The van der Waals surface area contributed by atoms with Crippen LogP contribution in [0.2, 0.25) is 0 Å². The van der Waals surface area contributed by atoms with Gasteiger partial charge in [0, 0.05) is 18.3 Å². The second-order valence-electron chi connectivity index (χ2n) is 7.42. The average molecular weight is 423 g/mol. The summed E-state index contributed by atoms with van der Waals surface area (Å²) in [4.78, 5) is 9.11. The van der Waals surface area contributed by atoms with Crippen LogP contribution in [0.15, 0.2) is 47.2 Å². The fourth-order valence-corrected chi connectivity index (χ4v) is 3.26. The van der Waals surface area contributed by atoms with Gasteiger partial charge in [0.1, 0.15) is 0 Å². The van der Waals surface area contributed by atoms with Crippen LogP contribution >= 0.6 is 0 Å². The normalized spacial score (nSPS) is 12.3. The van der Waals surface area contributed by atoms with Crippen LogP contribution in [0, 0.1) is 5.92 Å². The Bertz CT molecular complexity index is 1170. The van der Waals surface area contributed by atoms with Crippen LogP contribution in [0.1, 0.15) is 31.1 Å². The van der Waals surface area contributed by atoms with Crippen molar-refractivity contribution in [2.45, 2.75) is 26.5 Å². The lowest BCUT2D eigenvalue weighted by atomic mass is 10.0. The molecule has 3 heterocycles. The number of methoxy groups -OCH3 is 2. The first-order chi connectivity index (χ1) is 15.0. The van der Waals surface area contributed by atoms with Gasteiger partial charge in [-0.1, -0.05) is 19.9 Å². The fraction of sp³-hybridized carbons (Fsp3) is 0.318. The summed E-state index contributed by atoms with van der Waals surface area (Å²) in [7, 11) is 3.20. The molecule has 1 atom stereocenters. The molecule has 4 rings (SSSR count). The summed E-state index contributed by atoms with van der Waals surface area (Å²) in [5, 5.41) is 18.5. The number of nitrogens with zero attached hydrogens (tertiary/aromatic N) is 4. The van der Waals surface area contributed by atoms with E-state index in [1.807, 2.05) is 32.0 Å². The van der Waals surface area contributed by atoms with Crippen molar-refractivity contribution in [1.29, 1.82) is 0 Å². The van der Waals surface area contributed by atoms with Crippen molar-refractivity contribution < 1.29 is 19.0 Å². The SMILES string of the molecule is COc1ccc(CNc2ncc(C(O)C(C)C)c3nc(-c4ccco4)nn23)cc1OC. The molecular weight excluding hydrogens is 398 g/mol. The number of hydrogen-bond acceptors (Lipinski definition) is 8. The third-order valence-corrected chi connectivity index (χ3v) is 4.98. The van der Waals surface area contributed by atoms with Crippen LogP contribution in [-0.2, 0) is 6.54 Å². The molecule has 0 bridgehead atoms. The van der Waals surface area contributed by atoms with E-state index in [0.29, 0.717) is 46.8 Å². The number of rotatable bonds is 8. The van der Waals surface area contributed by atoms with E-state index in [1.54, 1.807) is 43.3 Å². The first-order valence-corrected chi connectivity index (χ1v) is 9.94. The molecule has 0 aliphatic carbocycles. The van der Waals surface area contributed by atoms with Crippen molar-refractivity contribution in [3.8, 4) is 23.1 Å². The highest BCUT2D eigenvalue weighted by Gasteiger charge is 2.22. The summed E-state index contributed by atoms with van der Waals surface area (Å²) < 4.78 is 17.7. The third-order valence-electron chi connectivity index (χ3n) is 4.98. The van der Waals surface area contributed by atoms with E-state index in [9.17, 15) is 5.11 Å². The molecule has 3 aromatic heterocycles. The van der Waals surface area contributed by atoms with Crippen molar-refractivity contribution in [3.05, 3.63) is 53.9 Å². The van der Waals surface area contributed by atoms with E-state index in [0.717, 1.165) is 5.56 Å². The number of fused-ring (bicyclic) bond motifs is 1. The van der Waals surface area contributed by atoms with Gasteiger partial charge in [-0.25, -0.2) is 9.97 Å². The maximum absolute atomic E-state index is 10.7. The molecule has 4 aromatic rings. The van der Waals surface area contributed by atoms with E-state index in [-0.39, 0.29) is 5.92 Å². The zero-order valence-electron chi connectivity index (χ0n) is 17.9. The van der Waals surface area contributed by atoms with Gasteiger partial charge in [0.2, 0.25) is 11.8 Å². The highest BCUT2D eigenvalue weighted by atomic mass is 16.5. The number of aliphatic hydroxyl groups excluding tert-OH is 1. The molecule has 1 unspecified atom stereocenters. The van der Waals surface area contributed by atoms with Gasteiger partial charge in [-0.15, -0.1) is 5.10 Å². The quantitative estimate of drug-likeness (QED) is 0.442. The van der Waals surface area contributed by atoms with Gasteiger partial charge < -0.3 is 24.3 Å². The number of nitrogens with one attached hydrogen (secondary N) is 1. The Morgan fingerprint density at radius 1 is 1.16 bits per heavy atom. The summed E-state index contributed by atoms with van der Waals surface area (Å²) >= 11 is 0. The number of anilines is 1. The zero-order valence-corrected chi connectivity index (χ0v) is 17.9. The standard InChI is InChI=1S/C22H25N5O4/c1-13(2)19(28)15-12-24-22(23-11-14-7-8-16(29-3)18(10-14)30-4)27-21(15)25-20(26-27)17-6-5-9-31-17/h5-10,12-13,19,28H,11H2,1-4H3,(H,23,24). The Morgan fingerprint density at radius 2 is 1.97 bits per heavy atom. The molecule has 0 spiro atoms. The third kappa shape index (κ3) is 4.04. The van der Waals surface area contributed by atoms with Crippen molar-refractivity contribution in [2.75, 3.05) is 19.5 Å². The van der Waals surface area contributed by atoms with Crippen molar-refractivity contribution >= 4 is 11.6 Å². The van der Waals surface area contributed by atoms with Crippen molar-refractivity contribution in [3.63, 3.8) is 0 Å².